The summed E-state index contributed by atoms with van der Waals surface area (Å²) >= 11 is 0. The van der Waals surface area contributed by atoms with Gasteiger partial charge in [-0.2, -0.15) is 17.5 Å². The van der Waals surface area contributed by atoms with Crippen molar-refractivity contribution in [3.8, 4) is 0 Å². The van der Waals surface area contributed by atoms with Gasteiger partial charge in [0.05, 0.1) is 23.0 Å². The SMILES string of the molecule is CC(CC(=O)O)c1cc(C(F)(F)F)cc(S(=O)(=O)N(C)C[C@@H](O)CNC(C)(C)CC2Cc3ccccc3C2)c1. The predicted molar refractivity (Wildman–Crippen MR) is 142 cm³/mol. The first-order chi connectivity index (χ1) is 18.0. The third-order valence-electron chi connectivity index (χ3n) is 7.23. The molecule has 3 rings (SSSR count). The average molecular weight is 571 g/mol. The predicted octanol–water partition coefficient (Wildman–Crippen LogP) is 4.44. The van der Waals surface area contributed by atoms with Crippen LogP contribution in [0.1, 0.15) is 61.8 Å². The summed E-state index contributed by atoms with van der Waals surface area (Å²) in [5, 5.41) is 22.9. The Hall–Kier alpha value is -2.47. The standard InChI is InChI=1S/C28H37F3N2O5S/c1-18(9-26(35)36)22-12-23(28(29,30)31)14-25(13-22)39(37,38)33(4)17-24(34)16-32-27(2,3)15-19-10-20-7-5-6-8-21(20)11-19/h5-8,12-14,18-19,24,32,34H,9-11,15-17H2,1-4H3,(H,35,36)/t18?,24-/m0/s1. The highest BCUT2D eigenvalue weighted by Crippen LogP contribution is 2.35. The van der Waals surface area contributed by atoms with Gasteiger partial charge in [-0.25, -0.2) is 8.42 Å². The van der Waals surface area contributed by atoms with Gasteiger partial charge in [-0.1, -0.05) is 31.2 Å². The van der Waals surface area contributed by atoms with Crippen LogP contribution in [0.4, 0.5) is 13.2 Å². The fraction of sp³-hybridized carbons (Fsp3) is 0.536. The summed E-state index contributed by atoms with van der Waals surface area (Å²) in [5.41, 5.74) is 1.14. The first kappa shape index (κ1) is 31.1. The number of benzene rings is 2. The smallest absolute Gasteiger partial charge is 0.416 e. The van der Waals surface area contributed by atoms with Gasteiger partial charge in [-0.05, 0) is 79.8 Å². The lowest BCUT2D eigenvalue weighted by Gasteiger charge is -2.31. The Morgan fingerprint density at radius 2 is 1.72 bits per heavy atom. The zero-order chi connectivity index (χ0) is 29.2. The van der Waals surface area contributed by atoms with Crippen LogP contribution in [-0.4, -0.2) is 60.7 Å². The number of nitrogens with one attached hydrogen (secondary N) is 1. The monoisotopic (exact) mass is 570 g/mol. The van der Waals surface area contributed by atoms with Crippen molar-refractivity contribution in [2.24, 2.45) is 5.92 Å². The van der Waals surface area contributed by atoms with Crippen LogP contribution < -0.4 is 5.32 Å². The first-order valence-electron chi connectivity index (χ1n) is 12.9. The van der Waals surface area contributed by atoms with E-state index >= 15 is 0 Å². The van der Waals surface area contributed by atoms with Gasteiger partial charge in [0.1, 0.15) is 0 Å². The van der Waals surface area contributed by atoms with Crippen molar-refractivity contribution in [3.05, 3.63) is 64.7 Å². The van der Waals surface area contributed by atoms with Gasteiger partial charge in [0, 0.05) is 25.7 Å². The molecule has 3 N–H and O–H groups in total. The van der Waals surface area contributed by atoms with Crippen molar-refractivity contribution in [1.82, 2.24) is 9.62 Å². The van der Waals surface area contributed by atoms with Crippen molar-refractivity contribution < 1.29 is 36.6 Å². The summed E-state index contributed by atoms with van der Waals surface area (Å²) in [6.45, 7) is 5.22. The molecule has 39 heavy (non-hydrogen) atoms. The van der Waals surface area contributed by atoms with Crippen LogP contribution in [0, 0.1) is 5.92 Å². The number of hydrogen-bond donors (Lipinski definition) is 3. The number of likely N-dealkylation sites (N-methyl/N-ethyl adjacent to an activating group) is 1. The number of aliphatic carboxylic acids is 1. The number of carboxylic acids is 1. The van der Waals surface area contributed by atoms with Crippen LogP contribution in [0.15, 0.2) is 47.4 Å². The largest absolute Gasteiger partial charge is 0.481 e. The highest BCUT2D eigenvalue weighted by atomic mass is 32.2. The average Bonchev–Trinajstić information content (AvgIpc) is 3.23. The van der Waals surface area contributed by atoms with E-state index in [0.717, 1.165) is 35.7 Å². The third-order valence-corrected chi connectivity index (χ3v) is 9.03. The minimum Gasteiger partial charge on any atom is -0.481 e. The topological polar surface area (TPSA) is 107 Å². The van der Waals surface area contributed by atoms with Gasteiger partial charge in [0.25, 0.3) is 0 Å². The van der Waals surface area contributed by atoms with Gasteiger partial charge < -0.3 is 15.5 Å². The van der Waals surface area contributed by atoms with Gasteiger partial charge in [0.15, 0.2) is 0 Å². The number of fused-ring (bicyclic) bond motifs is 1. The van der Waals surface area contributed by atoms with Crippen molar-refractivity contribution in [2.45, 2.75) is 75.1 Å². The molecule has 0 amide bonds. The quantitative estimate of drug-likeness (QED) is 0.349. The number of β-amino-alcohol motifs (C(OH)–C–C–N with tert-alkyl or cyclic N) is 1. The fourth-order valence-electron chi connectivity index (χ4n) is 5.22. The summed E-state index contributed by atoms with van der Waals surface area (Å²) in [4.78, 5) is 10.5. The number of nitrogens with zero attached hydrogens (tertiary/aromatic N) is 1. The first-order valence-corrected chi connectivity index (χ1v) is 14.3. The summed E-state index contributed by atoms with van der Waals surface area (Å²) in [7, 11) is -3.21. The number of alkyl halides is 3. The molecule has 0 bridgehead atoms. The van der Waals surface area contributed by atoms with Crippen LogP contribution >= 0.6 is 0 Å². The summed E-state index contributed by atoms with van der Waals surface area (Å²) in [6.07, 6.45) is -3.57. The van der Waals surface area contributed by atoms with E-state index < -0.39 is 51.1 Å². The van der Waals surface area contributed by atoms with Crippen LogP contribution in [0.3, 0.4) is 0 Å². The van der Waals surface area contributed by atoms with Crippen molar-refractivity contribution in [2.75, 3.05) is 20.1 Å². The molecule has 1 aliphatic carbocycles. The minimum atomic E-state index is -4.82. The van der Waals surface area contributed by atoms with Crippen LogP contribution in [0.25, 0.3) is 0 Å². The van der Waals surface area contributed by atoms with E-state index in [1.165, 1.54) is 25.1 Å². The molecule has 2 aromatic carbocycles. The molecule has 0 heterocycles. The van der Waals surface area contributed by atoms with E-state index in [-0.39, 0.29) is 24.2 Å². The Morgan fingerprint density at radius 3 is 2.26 bits per heavy atom. The minimum absolute atomic E-state index is 0.0442. The Bertz CT molecular complexity index is 1260. The molecule has 7 nitrogen and oxygen atoms in total. The number of halogens is 3. The van der Waals surface area contributed by atoms with Crippen molar-refractivity contribution in [3.63, 3.8) is 0 Å². The molecular formula is C28H37F3N2O5S. The normalized spacial score (nSPS) is 16.3. The molecule has 2 atom stereocenters. The van der Waals surface area contributed by atoms with Gasteiger partial charge in [-0.3, -0.25) is 4.79 Å². The molecule has 1 aliphatic rings. The van der Waals surface area contributed by atoms with Crippen LogP contribution in [0.2, 0.25) is 0 Å². The van der Waals surface area contributed by atoms with E-state index in [9.17, 15) is 31.5 Å². The number of hydrogen-bond acceptors (Lipinski definition) is 5. The van der Waals surface area contributed by atoms with Gasteiger partial charge in [0.2, 0.25) is 10.0 Å². The fourth-order valence-corrected chi connectivity index (χ4v) is 6.51. The number of carboxylic acid groups (broad SMARTS) is 1. The molecular weight excluding hydrogens is 533 g/mol. The molecule has 2 aromatic rings. The van der Waals surface area contributed by atoms with Crippen molar-refractivity contribution in [1.29, 1.82) is 0 Å². The molecule has 0 saturated carbocycles. The molecule has 216 valence electrons. The second-order valence-corrected chi connectivity index (χ2v) is 13.3. The zero-order valence-corrected chi connectivity index (χ0v) is 23.4. The molecule has 11 heteroatoms. The summed E-state index contributed by atoms with van der Waals surface area (Å²) < 4.78 is 67.8. The number of aliphatic hydroxyl groups is 1. The molecule has 0 aliphatic heterocycles. The Balaban J connectivity index is 1.66. The number of rotatable bonds is 12. The molecule has 0 spiro atoms. The summed E-state index contributed by atoms with van der Waals surface area (Å²) in [5.74, 6) is -1.60. The van der Waals surface area contributed by atoms with Gasteiger partial charge >= 0.3 is 12.1 Å². The maximum atomic E-state index is 13.5. The molecule has 0 saturated heterocycles. The number of sulfonamides is 1. The van der Waals surface area contributed by atoms with Crippen LogP contribution in [-0.2, 0) is 33.8 Å². The number of carbonyl (C=O) groups is 1. The molecule has 0 radical (unpaired) electrons. The lowest BCUT2D eigenvalue weighted by molar-refractivity contribution is -0.138. The van der Waals surface area contributed by atoms with E-state index in [4.69, 9.17) is 5.11 Å². The Morgan fingerprint density at radius 1 is 1.13 bits per heavy atom. The summed E-state index contributed by atoms with van der Waals surface area (Å²) in [6, 6.07) is 10.7. The highest BCUT2D eigenvalue weighted by molar-refractivity contribution is 7.89. The Kier molecular flexibility index (Phi) is 9.52. The van der Waals surface area contributed by atoms with E-state index in [1.807, 2.05) is 26.0 Å². The second kappa shape index (κ2) is 12.0. The maximum Gasteiger partial charge on any atom is 0.416 e. The molecule has 0 aromatic heterocycles. The number of aliphatic hydroxyl groups excluding tert-OH is 1. The van der Waals surface area contributed by atoms with E-state index in [0.29, 0.717) is 12.0 Å². The molecule has 0 fully saturated rings. The maximum absolute atomic E-state index is 13.5. The molecule has 1 unspecified atom stereocenters. The van der Waals surface area contributed by atoms with E-state index in [2.05, 4.69) is 17.4 Å². The lowest BCUT2D eigenvalue weighted by atomic mass is 9.88. The Labute approximate surface area is 228 Å². The second-order valence-electron chi connectivity index (χ2n) is 11.2. The van der Waals surface area contributed by atoms with Gasteiger partial charge in [-0.15, -0.1) is 0 Å². The van der Waals surface area contributed by atoms with Crippen molar-refractivity contribution >= 4 is 16.0 Å². The zero-order valence-electron chi connectivity index (χ0n) is 22.6. The lowest BCUT2D eigenvalue weighted by Crippen LogP contribution is -2.47. The van der Waals surface area contributed by atoms with E-state index in [1.54, 1.807) is 0 Å². The highest BCUT2D eigenvalue weighted by Gasteiger charge is 2.35. The van der Waals surface area contributed by atoms with Crippen LogP contribution in [0.5, 0.6) is 0 Å². The third kappa shape index (κ3) is 8.26.